The van der Waals surface area contributed by atoms with Gasteiger partial charge in [0.15, 0.2) is 0 Å². The Morgan fingerprint density at radius 3 is 2.92 bits per heavy atom. The maximum Gasteiger partial charge on any atom is 0.490 e. The molecule has 2 atom stereocenters. The highest BCUT2D eigenvalue weighted by atomic mass is 16.6. The molecule has 3 rings (SSSR count). The first kappa shape index (κ1) is 17.1. The lowest BCUT2D eigenvalue weighted by Crippen LogP contribution is -2.42. The number of aryl methyl sites for hydroxylation is 1. The fourth-order valence-corrected chi connectivity index (χ4v) is 3.15. The standard InChI is InChI=1S/C16H21N5O4/c1-3-12-4-5-14(25-12)13-8-11(2)6-7-20(13)15(22)9-19-10-17-16(18-19)21(23)24/h4-5,10-11,13H,3,6-9H2,1-2H3/t11-,13+/m0/s1. The number of carbonyl (C=O) groups is 1. The van der Waals surface area contributed by atoms with Crippen molar-refractivity contribution >= 4 is 11.9 Å². The number of hydrogen-bond acceptors (Lipinski definition) is 6. The molecule has 3 heterocycles. The Hall–Kier alpha value is -2.71. The average Bonchev–Trinajstić information content (AvgIpc) is 3.23. The molecule has 0 spiro atoms. The molecule has 2 aromatic rings. The first-order valence-corrected chi connectivity index (χ1v) is 8.39. The Bertz CT molecular complexity index is 768. The molecule has 9 nitrogen and oxygen atoms in total. The Kier molecular flexibility index (Phi) is 4.82. The minimum atomic E-state index is -0.679. The molecule has 1 aliphatic rings. The second-order valence-electron chi connectivity index (χ2n) is 6.39. The summed E-state index contributed by atoms with van der Waals surface area (Å²) in [7, 11) is 0. The zero-order chi connectivity index (χ0) is 18.0. The molecule has 0 bridgehead atoms. The first-order valence-electron chi connectivity index (χ1n) is 8.39. The third kappa shape index (κ3) is 3.70. The highest BCUT2D eigenvalue weighted by molar-refractivity contribution is 5.76. The van der Waals surface area contributed by atoms with E-state index in [0.29, 0.717) is 12.5 Å². The van der Waals surface area contributed by atoms with Crippen LogP contribution >= 0.6 is 0 Å². The minimum absolute atomic E-state index is 0.0763. The molecule has 0 N–H and O–H groups in total. The molecule has 25 heavy (non-hydrogen) atoms. The van der Waals surface area contributed by atoms with E-state index in [4.69, 9.17) is 4.42 Å². The van der Waals surface area contributed by atoms with Crippen molar-refractivity contribution in [2.45, 2.75) is 45.7 Å². The van der Waals surface area contributed by atoms with Crippen LogP contribution in [0.2, 0.25) is 0 Å². The number of furan rings is 1. The van der Waals surface area contributed by atoms with E-state index in [0.717, 1.165) is 30.8 Å². The van der Waals surface area contributed by atoms with Gasteiger partial charge in [-0.1, -0.05) is 18.8 Å². The number of amides is 1. The largest absolute Gasteiger partial charge is 0.490 e. The normalized spacial score (nSPS) is 20.6. The van der Waals surface area contributed by atoms with Crippen LogP contribution in [0.1, 0.15) is 44.3 Å². The highest BCUT2D eigenvalue weighted by Gasteiger charge is 2.33. The number of piperidine rings is 1. The van der Waals surface area contributed by atoms with Gasteiger partial charge in [0, 0.05) is 18.1 Å². The Labute approximate surface area is 144 Å². The van der Waals surface area contributed by atoms with Crippen LogP contribution in [0.15, 0.2) is 22.9 Å². The number of likely N-dealkylation sites (tertiary alicyclic amines) is 1. The first-order chi connectivity index (χ1) is 12.0. The number of rotatable bonds is 5. The van der Waals surface area contributed by atoms with Gasteiger partial charge in [-0.15, -0.1) is 0 Å². The molecule has 0 aliphatic carbocycles. The van der Waals surface area contributed by atoms with E-state index in [1.165, 1.54) is 11.0 Å². The van der Waals surface area contributed by atoms with Gasteiger partial charge in [0.1, 0.15) is 18.1 Å². The minimum Gasteiger partial charge on any atom is -0.464 e. The SMILES string of the molecule is CCc1ccc([C@H]2C[C@@H](C)CCN2C(=O)Cn2cnc([N+](=O)[O-])n2)o1. The van der Waals surface area contributed by atoms with Gasteiger partial charge in [-0.2, -0.15) is 4.68 Å². The lowest BCUT2D eigenvalue weighted by atomic mass is 9.91. The quantitative estimate of drug-likeness (QED) is 0.607. The summed E-state index contributed by atoms with van der Waals surface area (Å²) in [5.41, 5.74) is 0. The van der Waals surface area contributed by atoms with Gasteiger partial charge >= 0.3 is 5.95 Å². The third-order valence-corrected chi connectivity index (χ3v) is 4.53. The molecule has 1 fully saturated rings. The predicted molar refractivity (Wildman–Crippen MR) is 87.6 cm³/mol. The zero-order valence-corrected chi connectivity index (χ0v) is 14.3. The monoisotopic (exact) mass is 347 g/mol. The zero-order valence-electron chi connectivity index (χ0n) is 14.3. The van der Waals surface area contributed by atoms with Gasteiger partial charge in [0.25, 0.3) is 0 Å². The van der Waals surface area contributed by atoms with Crippen molar-refractivity contribution in [1.82, 2.24) is 19.7 Å². The summed E-state index contributed by atoms with van der Waals surface area (Å²) >= 11 is 0. The lowest BCUT2D eigenvalue weighted by molar-refractivity contribution is -0.394. The predicted octanol–water partition coefficient (Wildman–Crippen LogP) is 2.34. The number of nitrogens with zero attached hydrogens (tertiary/aromatic N) is 5. The highest BCUT2D eigenvalue weighted by Crippen LogP contribution is 2.35. The fraction of sp³-hybridized carbons (Fsp3) is 0.562. The molecule has 2 aromatic heterocycles. The second-order valence-corrected chi connectivity index (χ2v) is 6.39. The molecule has 9 heteroatoms. The topological polar surface area (TPSA) is 107 Å². The van der Waals surface area contributed by atoms with Crippen molar-refractivity contribution < 1.29 is 14.1 Å². The van der Waals surface area contributed by atoms with E-state index in [9.17, 15) is 14.9 Å². The smallest absolute Gasteiger partial charge is 0.464 e. The van der Waals surface area contributed by atoms with Crippen LogP contribution in [0.5, 0.6) is 0 Å². The summed E-state index contributed by atoms with van der Waals surface area (Å²) in [6.07, 6.45) is 3.76. The summed E-state index contributed by atoms with van der Waals surface area (Å²) in [5, 5.41) is 14.4. The van der Waals surface area contributed by atoms with E-state index < -0.39 is 10.9 Å². The Morgan fingerprint density at radius 2 is 2.28 bits per heavy atom. The maximum absolute atomic E-state index is 12.7. The van der Waals surface area contributed by atoms with E-state index in [2.05, 4.69) is 17.0 Å². The summed E-state index contributed by atoms with van der Waals surface area (Å²) in [4.78, 5) is 28.1. The Balaban J connectivity index is 1.76. The number of carbonyl (C=O) groups excluding carboxylic acids is 1. The van der Waals surface area contributed by atoms with Crippen LogP contribution in [0.3, 0.4) is 0 Å². The van der Waals surface area contributed by atoms with Crippen molar-refractivity contribution in [1.29, 1.82) is 0 Å². The Morgan fingerprint density at radius 1 is 1.48 bits per heavy atom. The molecule has 0 saturated carbocycles. The van der Waals surface area contributed by atoms with Crippen LogP contribution in [0.4, 0.5) is 5.95 Å². The molecular weight excluding hydrogens is 326 g/mol. The van der Waals surface area contributed by atoms with E-state index >= 15 is 0 Å². The van der Waals surface area contributed by atoms with Gasteiger partial charge in [0.2, 0.25) is 12.2 Å². The molecule has 0 unspecified atom stereocenters. The van der Waals surface area contributed by atoms with Gasteiger partial charge in [-0.25, -0.2) is 0 Å². The summed E-state index contributed by atoms with van der Waals surface area (Å²) < 4.78 is 7.07. The van der Waals surface area contributed by atoms with E-state index in [1.807, 2.05) is 19.1 Å². The summed E-state index contributed by atoms with van der Waals surface area (Å²) in [6.45, 7) is 4.74. The van der Waals surface area contributed by atoms with Crippen molar-refractivity contribution in [3.63, 3.8) is 0 Å². The maximum atomic E-state index is 12.7. The van der Waals surface area contributed by atoms with Crippen LogP contribution in [-0.2, 0) is 17.8 Å². The average molecular weight is 347 g/mol. The molecule has 134 valence electrons. The number of nitro groups is 1. The van der Waals surface area contributed by atoms with E-state index in [-0.39, 0.29) is 18.5 Å². The van der Waals surface area contributed by atoms with Gasteiger partial charge in [0.05, 0.1) is 6.04 Å². The second kappa shape index (κ2) is 7.04. The summed E-state index contributed by atoms with van der Waals surface area (Å²) in [6, 6.07) is 3.76. The van der Waals surface area contributed by atoms with Crippen LogP contribution < -0.4 is 0 Å². The fourth-order valence-electron chi connectivity index (χ4n) is 3.15. The molecule has 1 amide bonds. The lowest BCUT2D eigenvalue weighted by Gasteiger charge is -2.37. The molecule has 0 aromatic carbocycles. The van der Waals surface area contributed by atoms with Gasteiger partial charge in [-0.3, -0.25) is 4.79 Å². The van der Waals surface area contributed by atoms with Gasteiger partial charge < -0.3 is 19.4 Å². The van der Waals surface area contributed by atoms with Crippen LogP contribution in [0.25, 0.3) is 0 Å². The number of aromatic nitrogens is 3. The molecule has 1 aliphatic heterocycles. The van der Waals surface area contributed by atoms with Crippen LogP contribution in [0, 0.1) is 16.0 Å². The summed E-state index contributed by atoms with van der Waals surface area (Å²) in [5.74, 6) is 1.53. The van der Waals surface area contributed by atoms with E-state index in [1.54, 1.807) is 4.90 Å². The van der Waals surface area contributed by atoms with Crippen molar-refractivity contribution in [3.8, 4) is 0 Å². The molecular formula is C16H21N5O4. The van der Waals surface area contributed by atoms with Crippen molar-refractivity contribution in [2.75, 3.05) is 6.54 Å². The van der Waals surface area contributed by atoms with Crippen LogP contribution in [-0.4, -0.2) is 37.0 Å². The molecule has 0 radical (unpaired) electrons. The number of hydrogen-bond donors (Lipinski definition) is 0. The molecule has 1 saturated heterocycles. The van der Waals surface area contributed by atoms with Gasteiger partial charge in [-0.05, 0) is 35.8 Å². The van der Waals surface area contributed by atoms with Crippen molar-refractivity contribution in [2.24, 2.45) is 5.92 Å². The third-order valence-electron chi connectivity index (χ3n) is 4.53. The van der Waals surface area contributed by atoms with Crippen molar-refractivity contribution in [3.05, 3.63) is 40.1 Å².